The number of hydrogen-bond acceptors (Lipinski definition) is 4. The Kier molecular flexibility index (Phi) is 4.33. The number of rotatable bonds is 5. The predicted octanol–water partition coefficient (Wildman–Crippen LogP) is 1.69. The fourth-order valence-corrected chi connectivity index (χ4v) is 2.93. The second-order valence-corrected chi connectivity index (χ2v) is 5.91. The van der Waals surface area contributed by atoms with Crippen LogP contribution >= 0.6 is 0 Å². The molecule has 1 aliphatic heterocycles. The van der Waals surface area contributed by atoms with Crippen molar-refractivity contribution in [3.8, 4) is 5.75 Å². The van der Waals surface area contributed by atoms with Gasteiger partial charge < -0.3 is 4.74 Å². The summed E-state index contributed by atoms with van der Waals surface area (Å²) in [6, 6.07) is 4.42. The van der Waals surface area contributed by atoms with Crippen LogP contribution in [0.3, 0.4) is 0 Å². The highest BCUT2D eigenvalue weighted by molar-refractivity contribution is 6.03. The van der Waals surface area contributed by atoms with E-state index in [-0.39, 0.29) is 36.4 Å². The molecule has 0 aliphatic carbocycles. The van der Waals surface area contributed by atoms with Gasteiger partial charge >= 0.3 is 0 Å². The van der Waals surface area contributed by atoms with Crippen molar-refractivity contribution in [3.05, 3.63) is 47.5 Å². The third-order valence-corrected chi connectivity index (χ3v) is 4.13. The summed E-state index contributed by atoms with van der Waals surface area (Å²) in [4.78, 5) is 25.9. The second kappa shape index (κ2) is 6.43. The molecule has 1 aromatic heterocycles. The molecule has 1 unspecified atom stereocenters. The number of ether oxygens (including phenoxy) is 1. The lowest BCUT2D eigenvalue weighted by Gasteiger charge is -2.15. The third-order valence-electron chi connectivity index (χ3n) is 4.13. The minimum absolute atomic E-state index is 0.0715. The second-order valence-electron chi connectivity index (χ2n) is 5.91. The van der Waals surface area contributed by atoms with Gasteiger partial charge in [0, 0.05) is 19.7 Å². The molecule has 0 bridgehead atoms. The van der Waals surface area contributed by atoms with Crippen LogP contribution in [0.4, 0.5) is 4.39 Å². The van der Waals surface area contributed by atoms with E-state index in [1.165, 1.54) is 24.1 Å². The van der Waals surface area contributed by atoms with Gasteiger partial charge in [0.05, 0.1) is 25.8 Å². The number of aromatic nitrogens is 2. The number of halogens is 1. The number of methoxy groups -OCH3 is 1. The number of amides is 2. The van der Waals surface area contributed by atoms with Crippen LogP contribution in [0.1, 0.15) is 17.5 Å². The van der Waals surface area contributed by atoms with Crippen LogP contribution in [0.15, 0.2) is 30.6 Å². The topological polar surface area (TPSA) is 64.4 Å². The van der Waals surface area contributed by atoms with Gasteiger partial charge in [-0.15, -0.1) is 0 Å². The molecule has 1 atom stereocenters. The summed E-state index contributed by atoms with van der Waals surface area (Å²) in [5.41, 5.74) is 1.47. The lowest BCUT2D eigenvalue weighted by molar-refractivity contribution is -0.140. The van der Waals surface area contributed by atoms with Gasteiger partial charge in [0.25, 0.3) is 0 Å². The Labute approximate surface area is 138 Å². The molecule has 2 aromatic rings. The van der Waals surface area contributed by atoms with Gasteiger partial charge in [-0.2, -0.15) is 5.10 Å². The van der Waals surface area contributed by atoms with Crippen molar-refractivity contribution in [3.63, 3.8) is 0 Å². The smallest absolute Gasteiger partial charge is 0.233 e. The number of carbonyl (C=O) groups is 2. The third kappa shape index (κ3) is 3.15. The first-order valence-electron chi connectivity index (χ1n) is 7.62. The maximum Gasteiger partial charge on any atom is 0.233 e. The molecule has 126 valence electrons. The van der Waals surface area contributed by atoms with Crippen molar-refractivity contribution in [1.29, 1.82) is 0 Å². The van der Waals surface area contributed by atoms with Crippen LogP contribution < -0.4 is 4.74 Å². The Balaban J connectivity index is 1.71. The number of benzene rings is 1. The van der Waals surface area contributed by atoms with Crippen molar-refractivity contribution in [2.75, 3.05) is 7.11 Å². The molecular weight excluding hydrogens is 313 g/mol. The van der Waals surface area contributed by atoms with Crippen LogP contribution in [0.25, 0.3) is 0 Å². The van der Waals surface area contributed by atoms with Crippen molar-refractivity contribution in [1.82, 2.24) is 14.7 Å². The SMILES string of the molecule is COc1ccc(CN2C(=O)CC(Cc3cnn(C)c3)C2=O)cc1F. The summed E-state index contributed by atoms with van der Waals surface area (Å²) in [7, 11) is 3.18. The summed E-state index contributed by atoms with van der Waals surface area (Å²) in [5, 5.41) is 4.07. The number of aryl methyl sites for hydroxylation is 1. The summed E-state index contributed by atoms with van der Waals surface area (Å²) < 4.78 is 20.3. The molecule has 2 amide bonds. The normalized spacial score (nSPS) is 17.6. The van der Waals surface area contributed by atoms with Crippen LogP contribution in [0, 0.1) is 11.7 Å². The lowest BCUT2D eigenvalue weighted by Crippen LogP contribution is -2.30. The van der Waals surface area contributed by atoms with Gasteiger partial charge in [-0.1, -0.05) is 6.07 Å². The van der Waals surface area contributed by atoms with Crippen molar-refractivity contribution in [2.24, 2.45) is 13.0 Å². The Morgan fingerprint density at radius 3 is 2.75 bits per heavy atom. The molecule has 3 rings (SSSR count). The Hall–Kier alpha value is -2.70. The molecule has 1 fully saturated rings. The first-order valence-corrected chi connectivity index (χ1v) is 7.62. The van der Waals surface area contributed by atoms with Crippen LogP contribution in [-0.2, 0) is 29.6 Å². The average molecular weight is 331 g/mol. The Bertz CT molecular complexity index is 787. The van der Waals surface area contributed by atoms with Crippen LogP contribution in [0.5, 0.6) is 5.75 Å². The molecule has 1 aliphatic rings. The number of nitrogens with zero attached hydrogens (tertiary/aromatic N) is 3. The highest BCUT2D eigenvalue weighted by atomic mass is 19.1. The quantitative estimate of drug-likeness (QED) is 0.782. The van der Waals surface area contributed by atoms with E-state index in [1.54, 1.807) is 24.0 Å². The minimum atomic E-state index is -0.513. The highest BCUT2D eigenvalue weighted by Crippen LogP contribution is 2.26. The monoisotopic (exact) mass is 331 g/mol. The zero-order chi connectivity index (χ0) is 17.3. The van der Waals surface area contributed by atoms with Gasteiger partial charge in [0.1, 0.15) is 0 Å². The standard InChI is InChI=1S/C17H18FN3O3/c1-20-9-12(8-19-20)5-13-7-16(22)21(17(13)23)10-11-3-4-15(24-2)14(18)6-11/h3-4,6,8-9,13H,5,7,10H2,1-2H3. The number of imide groups is 1. The number of likely N-dealkylation sites (tertiary alicyclic amines) is 1. The highest BCUT2D eigenvalue weighted by Gasteiger charge is 2.38. The minimum Gasteiger partial charge on any atom is -0.494 e. The van der Waals surface area contributed by atoms with Crippen LogP contribution in [0.2, 0.25) is 0 Å². The molecule has 2 heterocycles. The van der Waals surface area contributed by atoms with E-state index in [9.17, 15) is 14.0 Å². The molecule has 7 heteroatoms. The van der Waals surface area contributed by atoms with E-state index < -0.39 is 5.82 Å². The Morgan fingerprint density at radius 2 is 2.12 bits per heavy atom. The van der Waals surface area contributed by atoms with Crippen molar-refractivity contribution >= 4 is 11.8 Å². The molecule has 0 spiro atoms. The maximum atomic E-state index is 13.8. The van der Waals surface area contributed by atoms with Gasteiger partial charge in [-0.25, -0.2) is 4.39 Å². The fourth-order valence-electron chi connectivity index (χ4n) is 2.93. The van der Waals surface area contributed by atoms with Crippen molar-refractivity contribution < 1.29 is 18.7 Å². The molecule has 0 saturated carbocycles. The molecule has 1 saturated heterocycles. The zero-order valence-electron chi connectivity index (χ0n) is 13.5. The summed E-state index contributed by atoms with van der Waals surface area (Å²) >= 11 is 0. The molecule has 0 N–H and O–H groups in total. The summed E-state index contributed by atoms with van der Waals surface area (Å²) in [6.07, 6.45) is 4.18. The van der Waals surface area contributed by atoms with Gasteiger partial charge in [-0.3, -0.25) is 19.2 Å². The average Bonchev–Trinajstić information content (AvgIpc) is 3.06. The van der Waals surface area contributed by atoms with Gasteiger partial charge in [-0.05, 0) is 29.7 Å². The van der Waals surface area contributed by atoms with E-state index in [0.717, 1.165) is 5.56 Å². The van der Waals surface area contributed by atoms with Gasteiger partial charge in [0.2, 0.25) is 11.8 Å². The number of hydrogen-bond donors (Lipinski definition) is 0. The Morgan fingerprint density at radius 1 is 1.33 bits per heavy atom. The molecule has 24 heavy (non-hydrogen) atoms. The maximum absolute atomic E-state index is 13.8. The predicted molar refractivity (Wildman–Crippen MR) is 83.5 cm³/mol. The summed E-state index contributed by atoms with van der Waals surface area (Å²) in [5.74, 6) is -1.22. The van der Waals surface area contributed by atoms with E-state index in [1.807, 2.05) is 6.20 Å². The van der Waals surface area contributed by atoms with Crippen molar-refractivity contribution in [2.45, 2.75) is 19.4 Å². The van der Waals surface area contributed by atoms with E-state index >= 15 is 0 Å². The first-order chi connectivity index (χ1) is 11.5. The molecular formula is C17H18FN3O3. The number of carbonyl (C=O) groups excluding carboxylic acids is 2. The fraction of sp³-hybridized carbons (Fsp3) is 0.353. The van der Waals surface area contributed by atoms with E-state index in [4.69, 9.17) is 4.74 Å². The van der Waals surface area contributed by atoms with E-state index in [0.29, 0.717) is 12.0 Å². The molecule has 0 radical (unpaired) electrons. The largest absolute Gasteiger partial charge is 0.494 e. The lowest BCUT2D eigenvalue weighted by atomic mass is 10.0. The first kappa shape index (κ1) is 16.2. The van der Waals surface area contributed by atoms with E-state index in [2.05, 4.69) is 5.10 Å². The van der Waals surface area contributed by atoms with Gasteiger partial charge in [0.15, 0.2) is 11.6 Å². The summed E-state index contributed by atoms with van der Waals surface area (Å²) in [6.45, 7) is 0.0715. The van der Waals surface area contributed by atoms with Crippen LogP contribution in [-0.4, -0.2) is 33.6 Å². The molecule has 6 nitrogen and oxygen atoms in total. The zero-order valence-corrected chi connectivity index (χ0v) is 13.5. The molecule has 1 aromatic carbocycles.